The van der Waals surface area contributed by atoms with E-state index < -0.39 is 0 Å². The Hall–Kier alpha value is -0.910. The molecule has 0 spiro atoms. The largest absolute Gasteiger partial charge is 0.394 e. The van der Waals surface area contributed by atoms with Crippen molar-refractivity contribution in [1.82, 2.24) is 14.7 Å². The molecule has 1 aliphatic heterocycles. The Labute approximate surface area is 121 Å². The summed E-state index contributed by atoms with van der Waals surface area (Å²) < 4.78 is 1.88. The standard InChI is InChI=1S/C15H27N3O2/c1-11-14(12(2)18(16-11)8-9-19)10-17-7-5-4-6-15(17)13(3)20/h13,15,19-20H,4-10H2,1-3H3. The molecule has 2 atom stereocenters. The number of nitrogens with zero attached hydrogens (tertiary/aromatic N) is 3. The van der Waals surface area contributed by atoms with Crippen LogP contribution >= 0.6 is 0 Å². The lowest BCUT2D eigenvalue weighted by Crippen LogP contribution is -2.45. The molecule has 20 heavy (non-hydrogen) atoms. The van der Waals surface area contributed by atoms with E-state index in [1.807, 2.05) is 18.5 Å². The minimum atomic E-state index is -0.289. The number of piperidine rings is 1. The van der Waals surface area contributed by atoms with E-state index in [2.05, 4.69) is 16.9 Å². The minimum Gasteiger partial charge on any atom is -0.394 e. The van der Waals surface area contributed by atoms with Crippen molar-refractivity contribution < 1.29 is 10.2 Å². The van der Waals surface area contributed by atoms with E-state index in [0.29, 0.717) is 6.54 Å². The van der Waals surface area contributed by atoms with Crippen molar-refractivity contribution in [2.45, 2.75) is 65.3 Å². The molecule has 0 radical (unpaired) electrons. The number of hydrogen-bond donors (Lipinski definition) is 2. The van der Waals surface area contributed by atoms with Gasteiger partial charge in [0.15, 0.2) is 0 Å². The van der Waals surface area contributed by atoms with Crippen molar-refractivity contribution in [2.75, 3.05) is 13.2 Å². The average molecular weight is 281 g/mol. The average Bonchev–Trinajstić information content (AvgIpc) is 2.67. The van der Waals surface area contributed by atoms with Crippen LogP contribution in [0.3, 0.4) is 0 Å². The molecular formula is C15H27N3O2. The van der Waals surface area contributed by atoms with Gasteiger partial charge in [0.2, 0.25) is 0 Å². The molecule has 114 valence electrons. The zero-order valence-corrected chi connectivity index (χ0v) is 12.8. The molecule has 2 unspecified atom stereocenters. The SMILES string of the molecule is Cc1nn(CCO)c(C)c1CN1CCCCC1C(C)O. The lowest BCUT2D eigenvalue weighted by atomic mass is 9.97. The van der Waals surface area contributed by atoms with Gasteiger partial charge in [-0.05, 0) is 40.2 Å². The van der Waals surface area contributed by atoms with Crippen molar-refractivity contribution in [2.24, 2.45) is 0 Å². The summed E-state index contributed by atoms with van der Waals surface area (Å²) >= 11 is 0. The molecule has 2 heterocycles. The normalized spacial score (nSPS) is 22.1. The van der Waals surface area contributed by atoms with E-state index >= 15 is 0 Å². The molecule has 1 fully saturated rings. The van der Waals surface area contributed by atoms with Crippen molar-refractivity contribution in [3.8, 4) is 0 Å². The second-order valence-corrected chi connectivity index (χ2v) is 5.87. The second kappa shape index (κ2) is 6.70. The quantitative estimate of drug-likeness (QED) is 0.852. The van der Waals surface area contributed by atoms with Crippen LogP contribution in [0, 0.1) is 13.8 Å². The van der Waals surface area contributed by atoms with Crippen LogP contribution in [-0.2, 0) is 13.1 Å². The Bertz CT molecular complexity index is 443. The predicted octanol–water partition coefficient (Wildman–Crippen LogP) is 1.23. The summed E-state index contributed by atoms with van der Waals surface area (Å²) in [4.78, 5) is 2.38. The molecule has 1 aliphatic rings. The second-order valence-electron chi connectivity index (χ2n) is 5.87. The van der Waals surface area contributed by atoms with Crippen molar-refractivity contribution in [3.05, 3.63) is 17.0 Å². The first-order valence-corrected chi connectivity index (χ1v) is 7.60. The van der Waals surface area contributed by atoms with Crippen molar-refractivity contribution >= 4 is 0 Å². The highest BCUT2D eigenvalue weighted by Crippen LogP contribution is 2.24. The van der Waals surface area contributed by atoms with Gasteiger partial charge in [-0.15, -0.1) is 0 Å². The molecule has 0 amide bonds. The number of likely N-dealkylation sites (tertiary alicyclic amines) is 1. The maximum absolute atomic E-state index is 9.96. The van der Waals surface area contributed by atoms with Crippen LogP contribution < -0.4 is 0 Å². The molecule has 5 nitrogen and oxygen atoms in total. The third-order valence-corrected chi connectivity index (χ3v) is 4.43. The molecule has 1 saturated heterocycles. The van der Waals surface area contributed by atoms with Crippen molar-refractivity contribution in [3.63, 3.8) is 0 Å². The molecule has 1 aromatic rings. The maximum atomic E-state index is 9.96. The first-order valence-electron chi connectivity index (χ1n) is 7.60. The number of aromatic nitrogens is 2. The molecule has 5 heteroatoms. The summed E-state index contributed by atoms with van der Waals surface area (Å²) in [6, 6.07) is 0.253. The molecule has 2 rings (SSSR count). The van der Waals surface area contributed by atoms with E-state index in [9.17, 15) is 5.11 Å². The van der Waals surface area contributed by atoms with E-state index in [1.54, 1.807) is 0 Å². The Morgan fingerprint density at radius 2 is 2.10 bits per heavy atom. The van der Waals surface area contributed by atoms with E-state index in [-0.39, 0.29) is 18.8 Å². The van der Waals surface area contributed by atoms with Gasteiger partial charge in [0.05, 0.1) is 24.9 Å². The molecule has 1 aromatic heterocycles. The summed E-state index contributed by atoms with van der Waals surface area (Å²) in [5.41, 5.74) is 3.41. The van der Waals surface area contributed by atoms with Crippen LogP contribution in [0.1, 0.15) is 43.1 Å². The number of hydrogen-bond acceptors (Lipinski definition) is 4. The highest BCUT2D eigenvalue weighted by molar-refractivity contribution is 5.24. The minimum absolute atomic E-state index is 0.113. The number of aryl methyl sites for hydroxylation is 1. The molecule has 0 saturated carbocycles. The van der Waals surface area contributed by atoms with Crippen LogP contribution in [0.2, 0.25) is 0 Å². The van der Waals surface area contributed by atoms with Gasteiger partial charge in [-0.25, -0.2) is 0 Å². The number of rotatable bonds is 5. The summed E-state index contributed by atoms with van der Waals surface area (Å²) in [6.45, 7) is 8.52. The fourth-order valence-electron chi connectivity index (χ4n) is 3.24. The monoisotopic (exact) mass is 281 g/mol. The lowest BCUT2D eigenvalue weighted by molar-refractivity contribution is 0.0314. The Morgan fingerprint density at radius 3 is 2.75 bits per heavy atom. The molecule has 0 aliphatic carbocycles. The summed E-state index contributed by atoms with van der Waals surface area (Å²) in [5.74, 6) is 0. The summed E-state index contributed by atoms with van der Waals surface area (Å²) in [7, 11) is 0. The van der Waals surface area contributed by atoms with Gasteiger partial charge in [0.25, 0.3) is 0 Å². The van der Waals surface area contributed by atoms with E-state index in [0.717, 1.165) is 30.9 Å². The number of aliphatic hydroxyl groups excluding tert-OH is 2. The summed E-state index contributed by atoms with van der Waals surface area (Å²) in [5, 5.41) is 23.5. The molecule has 0 bridgehead atoms. The topological polar surface area (TPSA) is 61.5 Å². The van der Waals surface area contributed by atoms with Gasteiger partial charge in [0, 0.05) is 23.8 Å². The smallest absolute Gasteiger partial charge is 0.0667 e. The summed E-state index contributed by atoms with van der Waals surface area (Å²) in [6.07, 6.45) is 3.18. The highest BCUT2D eigenvalue weighted by Gasteiger charge is 2.27. The first kappa shape index (κ1) is 15.5. The first-order chi connectivity index (χ1) is 9.54. The Kier molecular flexibility index (Phi) is 5.18. The third-order valence-electron chi connectivity index (χ3n) is 4.43. The Morgan fingerprint density at radius 1 is 1.35 bits per heavy atom. The molecule has 0 aromatic carbocycles. The van der Waals surface area contributed by atoms with Gasteiger partial charge in [-0.1, -0.05) is 6.42 Å². The van der Waals surface area contributed by atoms with Gasteiger partial charge < -0.3 is 10.2 Å². The van der Waals surface area contributed by atoms with Crippen LogP contribution in [0.4, 0.5) is 0 Å². The van der Waals surface area contributed by atoms with Gasteiger partial charge in [-0.2, -0.15) is 5.10 Å². The predicted molar refractivity (Wildman–Crippen MR) is 78.5 cm³/mol. The third kappa shape index (κ3) is 3.22. The molecular weight excluding hydrogens is 254 g/mol. The van der Waals surface area contributed by atoms with Crippen LogP contribution in [0.5, 0.6) is 0 Å². The van der Waals surface area contributed by atoms with Gasteiger partial charge in [0.1, 0.15) is 0 Å². The van der Waals surface area contributed by atoms with Crippen LogP contribution in [-0.4, -0.2) is 50.2 Å². The zero-order chi connectivity index (χ0) is 14.7. The highest BCUT2D eigenvalue weighted by atomic mass is 16.3. The number of aliphatic hydroxyl groups is 2. The van der Waals surface area contributed by atoms with Crippen molar-refractivity contribution in [1.29, 1.82) is 0 Å². The molecule has 2 N–H and O–H groups in total. The van der Waals surface area contributed by atoms with E-state index in [1.165, 1.54) is 18.4 Å². The Balaban J connectivity index is 2.15. The lowest BCUT2D eigenvalue weighted by Gasteiger charge is -2.37. The fraction of sp³-hybridized carbons (Fsp3) is 0.800. The fourth-order valence-corrected chi connectivity index (χ4v) is 3.24. The van der Waals surface area contributed by atoms with E-state index in [4.69, 9.17) is 5.11 Å². The zero-order valence-electron chi connectivity index (χ0n) is 12.8. The maximum Gasteiger partial charge on any atom is 0.0667 e. The van der Waals surface area contributed by atoms with Crippen LogP contribution in [0.15, 0.2) is 0 Å². The van der Waals surface area contributed by atoms with Gasteiger partial charge in [-0.3, -0.25) is 9.58 Å². The van der Waals surface area contributed by atoms with Crippen LogP contribution in [0.25, 0.3) is 0 Å². The van der Waals surface area contributed by atoms with Gasteiger partial charge >= 0.3 is 0 Å².